The maximum atomic E-state index is 3.95. The molecule has 56 valence electrons. The van der Waals surface area contributed by atoms with Crippen molar-refractivity contribution in [3.05, 3.63) is 12.2 Å². The van der Waals surface area contributed by atoms with Gasteiger partial charge in [-0.3, -0.25) is 0 Å². The molecule has 0 aromatic carbocycles. The third kappa shape index (κ3) is 4.22. The van der Waals surface area contributed by atoms with Gasteiger partial charge in [0.15, 0.2) is 0 Å². The van der Waals surface area contributed by atoms with Crippen LogP contribution in [0.5, 0.6) is 0 Å². The summed E-state index contributed by atoms with van der Waals surface area (Å²) in [6.45, 7) is 12.7. The summed E-state index contributed by atoms with van der Waals surface area (Å²) in [5.74, 6) is 1.30. The Labute approximate surface area is 58.7 Å². The van der Waals surface area contributed by atoms with Crippen LogP contribution in [0.15, 0.2) is 12.2 Å². The van der Waals surface area contributed by atoms with Crippen LogP contribution in [-0.2, 0) is 0 Å². The van der Waals surface area contributed by atoms with Crippen LogP contribution < -0.4 is 6.15 Å². The standard InChI is InChI=1S/C8H16.H3N/c1-6(2)8(5)7(3)4;/h6-7H,5H2,1-4H3;1H3. The van der Waals surface area contributed by atoms with Crippen molar-refractivity contribution in [3.63, 3.8) is 0 Å². The Hall–Kier alpha value is -0.300. The van der Waals surface area contributed by atoms with Crippen molar-refractivity contribution >= 4 is 0 Å². The van der Waals surface area contributed by atoms with Gasteiger partial charge in [0.05, 0.1) is 0 Å². The average molecular weight is 129 g/mol. The lowest BCUT2D eigenvalue weighted by Gasteiger charge is -2.11. The SMILES string of the molecule is C=C(C(C)C)C(C)C.N. The molecule has 3 N–H and O–H groups in total. The highest BCUT2D eigenvalue weighted by atomic mass is 14.1. The van der Waals surface area contributed by atoms with Gasteiger partial charge < -0.3 is 6.15 Å². The maximum Gasteiger partial charge on any atom is -0.0260 e. The Morgan fingerprint density at radius 2 is 1.22 bits per heavy atom. The Bertz CT molecular complexity index is 72.6. The topological polar surface area (TPSA) is 35.0 Å². The first-order chi connectivity index (χ1) is 3.55. The zero-order chi connectivity index (χ0) is 6.73. The lowest BCUT2D eigenvalue weighted by atomic mass is 9.95. The molecule has 0 aromatic rings. The Kier molecular flexibility index (Phi) is 5.83. The van der Waals surface area contributed by atoms with Gasteiger partial charge in [-0.25, -0.2) is 0 Å². The molecule has 0 spiro atoms. The van der Waals surface area contributed by atoms with E-state index in [9.17, 15) is 0 Å². The smallest absolute Gasteiger partial charge is 0.0260 e. The molecule has 0 aliphatic rings. The summed E-state index contributed by atoms with van der Waals surface area (Å²) >= 11 is 0. The third-order valence-electron chi connectivity index (χ3n) is 1.48. The summed E-state index contributed by atoms with van der Waals surface area (Å²) in [6, 6.07) is 0. The average Bonchev–Trinajstić information content (AvgIpc) is 1.64. The quantitative estimate of drug-likeness (QED) is 0.571. The van der Waals surface area contributed by atoms with Gasteiger partial charge in [-0.2, -0.15) is 0 Å². The van der Waals surface area contributed by atoms with Crippen LogP contribution in [0.1, 0.15) is 27.7 Å². The molecule has 1 heteroatoms. The van der Waals surface area contributed by atoms with Gasteiger partial charge in [0, 0.05) is 0 Å². The highest BCUT2D eigenvalue weighted by Gasteiger charge is 2.02. The van der Waals surface area contributed by atoms with Crippen molar-refractivity contribution in [2.45, 2.75) is 27.7 Å². The molecule has 0 radical (unpaired) electrons. The Morgan fingerprint density at radius 1 is 1.00 bits per heavy atom. The van der Waals surface area contributed by atoms with E-state index in [0.29, 0.717) is 11.8 Å². The first kappa shape index (κ1) is 11.5. The molecule has 0 aliphatic heterocycles. The van der Waals surface area contributed by atoms with Gasteiger partial charge in [-0.1, -0.05) is 39.8 Å². The third-order valence-corrected chi connectivity index (χ3v) is 1.48. The summed E-state index contributed by atoms with van der Waals surface area (Å²) in [5, 5.41) is 0. The van der Waals surface area contributed by atoms with Crippen molar-refractivity contribution in [2.24, 2.45) is 11.8 Å². The zero-order valence-electron chi connectivity index (χ0n) is 7.07. The van der Waals surface area contributed by atoms with Crippen LogP contribution in [-0.4, -0.2) is 0 Å². The second-order valence-corrected chi connectivity index (χ2v) is 2.88. The molecule has 0 atom stereocenters. The molecule has 0 fully saturated rings. The molecule has 0 aromatic heterocycles. The van der Waals surface area contributed by atoms with Crippen LogP contribution in [0.25, 0.3) is 0 Å². The van der Waals surface area contributed by atoms with Gasteiger partial charge in [0.25, 0.3) is 0 Å². The highest BCUT2D eigenvalue weighted by molar-refractivity contribution is 4.99. The van der Waals surface area contributed by atoms with Gasteiger partial charge in [0.1, 0.15) is 0 Å². The summed E-state index contributed by atoms with van der Waals surface area (Å²) in [4.78, 5) is 0. The predicted octanol–water partition coefficient (Wildman–Crippen LogP) is 3.02. The molecule has 0 bridgehead atoms. The zero-order valence-corrected chi connectivity index (χ0v) is 7.07. The molecule has 9 heavy (non-hydrogen) atoms. The predicted molar refractivity (Wildman–Crippen MR) is 43.8 cm³/mol. The van der Waals surface area contributed by atoms with Crippen LogP contribution in [0.4, 0.5) is 0 Å². The van der Waals surface area contributed by atoms with Gasteiger partial charge >= 0.3 is 0 Å². The number of allylic oxidation sites excluding steroid dienone is 1. The highest BCUT2D eigenvalue weighted by Crippen LogP contribution is 2.15. The summed E-state index contributed by atoms with van der Waals surface area (Å²) in [6.07, 6.45) is 0. The van der Waals surface area contributed by atoms with Crippen molar-refractivity contribution in [2.75, 3.05) is 0 Å². The minimum absolute atomic E-state index is 0. The van der Waals surface area contributed by atoms with Gasteiger partial charge in [0.2, 0.25) is 0 Å². The molecular formula is C8H19N. The molecule has 0 unspecified atom stereocenters. The van der Waals surface area contributed by atoms with Gasteiger partial charge in [-0.15, -0.1) is 0 Å². The summed E-state index contributed by atoms with van der Waals surface area (Å²) < 4.78 is 0. The van der Waals surface area contributed by atoms with E-state index >= 15 is 0 Å². The fourth-order valence-corrected chi connectivity index (χ4v) is 0.667. The van der Waals surface area contributed by atoms with E-state index < -0.39 is 0 Å². The minimum Gasteiger partial charge on any atom is -0.344 e. The summed E-state index contributed by atoms with van der Waals surface area (Å²) in [7, 11) is 0. The molecular weight excluding hydrogens is 110 g/mol. The van der Waals surface area contributed by atoms with Crippen molar-refractivity contribution in [1.82, 2.24) is 6.15 Å². The second kappa shape index (κ2) is 4.57. The lowest BCUT2D eigenvalue weighted by molar-refractivity contribution is 0.630. The van der Waals surface area contributed by atoms with Crippen LogP contribution in [0.2, 0.25) is 0 Å². The van der Waals surface area contributed by atoms with E-state index in [-0.39, 0.29) is 6.15 Å². The first-order valence-corrected chi connectivity index (χ1v) is 3.24. The molecule has 0 amide bonds. The lowest BCUT2D eigenvalue weighted by Crippen LogP contribution is -1.99. The maximum absolute atomic E-state index is 3.95. The van der Waals surface area contributed by atoms with Crippen LogP contribution in [0.3, 0.4) is 0 Å². The fourth-order valence-electron chi connectivity index (χ4n) is 0.667. The van der Waals surface area contributed by atoms with E-state index in [1.807, 2.05) is 0 Å². The molecule has 0 aliphatic carbocycles. The van der Waals surface area contributed by atoms with E-state index in [2.05, 4.69) is 34.3 Å². The normalized spacial score (nSPS) is 9.56. The monoisotopic (exact) mass is 129 g/mol. The van der Waals surface area contributed by atoms with Crippen molar-refractivity contribution in [3.8, 4) is 0 Å². The second-order valence-electron chi connectivity index (χ2n) is 2.88. The molecule has 0 heterocycles. The summed E-state index contributed by atoms with van der Waals surface area (Å²) in [5.41, 5.74) is 1.35. The van der Waals surface area contributed by atoms with Crippen LogP contribution >= 0.6 is 0 Å². The number of hydrogen-bond acceptors (Lipinski definition) is 1. The van der Waals surface area contributed by atoms with Crippen LogP contribution in [0, 0.1) is 11.8 Å². The minimum atomic E-state index is 0. The van der Waals surface area contributed by atoms with Gasteiger partial charge in [-0.05, 0) is 11.8 Å². The van der Waals surface area contributed by atoms with E-state index in [1.54, 1.807) is 0 Å². The molecule has 0 saturated carbocycles. The Balaban J connectivity index is 0. The number of rotatable bonds is 2. The largest absolute Gasteiger partial charge is 0.344 e. The van der Waals surface area contributed by atoms with Crippen molar-refractivity contribution < 1.29 is 0 Å². The van der Waals surface area contributed by atoms with E-state index in [4.69, 9.17) is 0 Å². The molecule has 0 rings (SSSR count). The molecule has 0 saturated heterocycles. The van der Waals surface area contributed by atoms with Crippen molar-refractivity contribution in [1.29, 1.82) is 0 Å². The first-order valence-electron chi connectivity index (χ1n) is 3.24. The fraction of sp³-hybridized carbons (Fsp3) is 0.750. The van der Waals surface area contributed by atoms with E-state index in [0.717, 1.165) is 0 Å². The van der Waals surface area contributed by atoms with E-state index in [1.165, 1.54) is 5.57 Å². The Morgan fingerprint density at radius 3 is 1.22 bits per heavy atom. The number of hydrogen-bond donors (Lipinski definition) is 1. The molecule has 1 nitrogen and oxygen atoms in total.